The molecule has 2 N–H and O–H groups in total. The predicted octanol–water partition coefficient (Wildman–Crippen LogP) is 1.72. The molecule has 1 amide bonds. The summed E-state index contributed by atoms with van der Waals surface area (Å²) in [6.07, 6.45) is 4.97. The van der Waals surface area contributed by atoms with E-state index in [1.807, 2.05) is 17.7 Å². The Bertz CT molecular complexity index is 914. The van der Waals surface area contributed by atoms with Crippen LogP contribution in [-0.4, -0.2) is 45.1 Å². The number of rotatable bonds is 8. The van der Waals surface area contributed by atoms with Gasteiger partial charge in [0.25, 0.3) is 5.91 Å². The predicted molar refractivity (Wildman–Crippen MR) is 97.3 cm³/mol. The van der Waals surface area contributed by atoms with Crippen LogP contribution in [0.2, 0.25) is 0 Å². The lowest BCUT2D eigenvalue weighted by atomic mass is 10.3. The number of hydrogen-bond acceptors (Lipinski definition) is 6. The molecule has 140 valence electrons. The molecule has 0 saturated heterocycles. The molecule has 0 aliphatic carbocycles. The molecule has 0 bridgehead atoms. The van der Waals surface area contributed by atoms with Gasteiger partial charge in [-0.15, -0.1) is 0 Å². The Morgan fingerprint density at radius 1 is 1.22 bits per heavy atom. The number of benzene rings is 1. The molecule has 2 heterocycles. The lowest BCUT2D eigenvalue weighted by Gasteiger charge is -2.10. The molecule has 8 nitrogen and oxygen atoms in total. The summed E-state index contributed by atoms with van der Waals surface area (Å²) in [6.45, 7) is 2.46. The maximum Gasteiger partial charge on any atom is 0.258 e. The average Bonchev–Trinajstić information content (AvgIpc) is 3.11. The first-order valence-electron chi connectivity index (χ1n) is 8.34. The summed E-state index contributed by atoms with van der Waals surface area (Å²) < 4.78 is 20.4. The number of anilines is 1. The smallest absolute Gasteiger partial charge is 0.258 e. The normalized spacial score (nSPS) is 10.4. The third-order valence-corrected chi connectivity index (χ3v) is 3.67. The number of hydrogen-bond donors (Lipinski definition) is 2. The van der Waals surface area contributed by atoms with Gasteiger partial charge in [-0.1, -0.05) is 12.1 Å². The molecule has 0 fully saturated rings. The van der Waals surface area contributed by atoms with Crippen molar-refractivity contribution in [3.05, 3.63) is 60.7 Å². The fraction of sp³-hybridized carbons (Fsp3) is 0.222. The second-order valence-corrected chi connectivity index (χ2v) is 5.60. The van der Waals surface area contributed by atoms with Crippen LogP contribution in [0.3, 0.4) is 0 Å². The highest BCUT2D eigenvalue weighted by molar-refractivity contribution is 5.77. The standard InChI is InChI=1S/C18H19FN6O2/c1-13-20-8-9-25(13)17-10-16(23-12-24-17)21-6-7-22-18(26)11-27-15-5-3-2-4-14(15)19/h2-5,8-10,12H,6-7,11H2,1H3,(H,22,26)(H,21,23,24). The number of halogens is 1. The van der Waals surface area contributed by atoms with E-state index in [-0.39, 0.29) is 18.3 Å². The van der Waals surface area contributed by atoms with Crippen LogP contribution >= 0.6 is 0 Å². The molecule has 27 heavy (non-hydrogen) atoms. The minimum Gasteiger partial charge on any atom is -0.481 e. The fourth-order valence-electron chi connectivity index (χ4n) is 2.34. The highest BCUT2D eigenvalue weighted by Crippen LogP contribution is 2.14. The quantitative estimate of drug-likeness (QED) is 0.587. The summed E-state index contributed by atoms with van der Waals surface area (Å²) in [7, 11) is 0. The van der Waals surface area contributed by atoms with E-state index in [9.17, 15) is 9.18 Å². The second-order valence-electron chi connectivity index (χ2n) is 5.60. The van der Waals surface area contributed by atoms with E-state index in [1.54, 1.807) is 24.4 Å². The van der Waals surface area contributed by atoms with Gasteiger partial charge in [-0.25, -0.2) is 19.3 Å². The van der Waals surface area contributed by atoms with Gasteiger partial charge in [0.2, 0.25) is 0 Å². The summed E-state index contributed by atoms with van der Waals surface area (Å²) in [5.41, 5.74) is 0. The molecule has 0 saturated carbocycles. The van der Waals surface area contributed by atoms with Crippen LogP contribution in [0.15, 0.2) is 49.1 Å². The molecular weight excluding hydrogens is 351 g/mol. The van der Waals surface area contributed by atoms with Crippen molar-refractivity contribution in [2.24, 2.45) is 0 Å². The largest absolute Gasteiger partial charge is 0.481 e. The number of aromatic nitrogens is 4. The number of carbonyl (C=O) groups excluding carboxylic acids is 1. The Morgan fingerprint density at radius 3 is 2.85 bits per heavy atom. The third-order valence-electron chi connectivity index (χ3n) is 3.67. The molecule has 1 aromatic carbocycles. The van der Waals surface area contributed by atoms with Crippen molar-refractivity contribution in [3.63, 3.8) is 0 Å². The highest BCUT2D eigenvalue weighted by Gasteiger charge is 2.06. The van der Waals surface area contributed by atoms with E-state index >= 15 is 0 Å². The Balaban J connectivity index is 1.42. The van der Waals surface area contributed by atoms with Gasteiger partial charge in [0, 0.05) is 31.5 Å². The van der Waals surface area contributed by atoms with Gasteiger partial charge in [-0.2, -0.15) is 0 Å². The van der Waals surface area contributed by atoms with Gasteiger partial charge in [0.1, 0.15) is 23.8 Å². The minimum atomic E-state index is -0.500. The van der Waals surface area contributed by atoms with Crippen molar-refractivity contribution >= 4 is 11.7 Å². The van der Waals surface area contributed by atoms with Crippen LogP contribution in [0, 0.1) is 12.7 Å². The van der Waals surface area contributed by atoms with Crippen molar-refractivity contribution in [2.75, 3.05) is 25.0 Å². The second kappa shape index (κ2) is 8.75. The molecule has 2 aromatic heterocycles. The van der Waals surface area contributed by atoms with Crippen molar-refractivity contribution < 1.29 is 13.9 Å². The van der Waals surface area contributed by atoms with E-state index < -0.39 is 5.82 Å². The van der Waals surface area contributed by atoms with Crippen molar-refractivity contribution in [1.82, 2.24) is 24.8 Å². The van der Waals surface area contributed by atoms with E-state index in [4.69, 9.17) is 4.74 Å². The summed E-state index contributed by atoms with van der Waals surface area (Å²) in [6, 6.07) is 7.73. The number of aryl methyl sites for hydroxylation is 1. The number of nitrogens with one attached hydrogen (secondary N) is 2. The number of para-hydroxylation sites is 1. The molecule has 0 radical (unpaired) electrons. The van der Waals surface area contributed by atoms with E-state index in [0.717, 1.165) is 5.82 Å². The number of ether oxygens (including phenoxy) is 1. The lowest BCUT2D eigenvalue weighted by molar-refractivity contribution is -0.123. The zero-order chi connectivity index (χ0) is 19.1. The first-order valence-corrected chi connectivity index (χ1v) is 8.34. The van der Waals surface area contributed by atoms with Gasteiger partial charge in [0.15, 0.2) is 18.2 Å². The van der Waals surface area contributed by atoms with Crippen LogP contribution in [-0.2, 0) is 4.79 Å². The maximum absolute atomic E-state index is 13.4. The van der Waals surface area contributed by atoms with Gasteiger partial charge in [-0.3, -0.25) is 9.36 Å². The summed E-state index contributed by atoms with van der Waals surface area (Å²) in [5, 5.41) is 5.79. The van der Waals surface area contributed by atoms with Crippen molar-refractivity contribution in [2.45, 2.75) is 6.92 Å². The molecular formula is C18H19FN6O2. The highest BCUT2D eigenvalue weighted by atomic mass is 19.1. The van der Waals surface area contributed by atoms with Gasteiger partial charge in [-0.05, 0) is 19.1 Å². The first kappa shape index (κ1) is 18.3. The summed E-state index contributed by atoms with van der Waals surface area (Å²) in [4.78, 5) is 24.3. The molecule has 0 unspecified atom stereocenters. The van der Waals surface area contributed by atoms with E-state index in [0.29, 0.717) is 24.7 Å². The Kier molecular flexibility index (Phi) is 5.93. The molecule has 0 aliphatic rings. The van der Waals surface area contributed by atoms with E-state index in [2.05, 4.69) is 25.6 Å². The van der Waals surface area contributed by atoms with Crippen molar-refractivity contribution in [3.8, 4) is 11.6 Å². The lowest BCUT2D eigenvalue weighted by Crippen LogP contribution is -2.32. The van der Waals surface area contributed by atoms with Crippen LogP contribution < -0.4 is 15.4 Å². The fourth-order valence-corrected chi connectivity index (χ4v) is 2.34. The van der Waals surface area contributed by atoms with Crippen LogP contribution in [0.1, 0.15) is 5.82 Å². The van der Waals surface area contributed by atoms with Crippen LogP contribution in [0.25, 0.3) is 5.82 Å². The zero-order valence-corrected chi connectivity index (χ0v) is 14.7. The van der Waals surface area contributed by atoms with Crippen molar-refractivity contribution in [1.29, 1.82) is 0 Å². The monoisotopic (exact) mass is 370 g/mol. The molecule has 3 aromatic rings. The molecule has 0 aliphatic heterocycles. The number of carbonyl (C=O) groups is 1. The third kappa shape index (κ3) is 5.00. The van der Waals surface area contributed by atoms with Gasteiger partial charge < -0.3 is 15.4 Å². The first-order chi connectivity index (χ1) is 13.1. The van der Waals surface area contributed by atoms with Gasteiger partial charge in [0.05, 0.1) is 0 Å². The average molecular weight is 370 g/mol. The maximum atomic E-state index is 13.4. The topological polar surface area (TPSA) is 94.0 Å². The number of amides is 1. The summed E-state index contributed by atoms with van der Waals surface area (Å²) >= 11 is 0. The molecule has 0 spiro atoms. The molecule has 3 rings (SSSR count). The Hall–Kier alpha value is -3.49. The molecule has 9 heteroatoms. The van der Waals surface area contributed by atoms with Gasteiger partial charge >= 0.3 is 0 Å². The number of nitrogens with zero attached hydrogens (tertiary/aromatic N) is 4. The van der Waals surface area contributed by atoms with Crippen LogP contribution in [0.4, 0.5) is 10.2 Å². The zero-order valence-electron chi connectivity index (χ0n) is 14.7. The van der Waals surface area contributed by atoms with E-state index in [1.165, 1.54) is 18.5 Å². The minimum absolute atomic E-state index is 0.0501. The molecule has 0 atom stereocenters. The summed E-state index contributed by atoms with van der Waals surface area (Å²) in [5.74, 6) is 1.36. The Morgan fingerprint density at radius 2 is 2.07 bits per heavy atom. The SMILES string of the molecule is Cc1nccn1-c1cc(NCCNC(=O)COc2ccccc2F)ncn1. The Labute approximate surface area is 155 Å². The van der Waals surface area contributed by atoms with Crippen LogP contribution in [0.5, 0.6) is 5.75 Å². The number of imidazole rings is 1.